The number of aromatic nitrogens is 1. The van der Waals surface area contributed by atoms with E-state index in [1.807, 2.05) is 12.3 Å². The van der Waals surface area contributed by atoms with Gasteiger partial charge in [-0.2, -0.15) is 0 Å². The van der Waals surface area contributed by atoms with Gasteiger partial charge in [-0.3, -0.25) is 0 Å². The van der Waals surface area contributed by atoms with Gasteiger partial charge in [0.2, 0.25) is 0 Å². The maximum atomic E-state index is 13.1. The molecule has 78 valence electrons. The lowest BCUT2D eigenvalue weighted by Crippen LogP contribution is -1.79. The Bertz CT molecular complexity index is 461. The first-order valence-corrected chi connectivity index (χ1v) is 6.21. The lowest BCUT2D eigenvalue weighted by molar-refractivity contribution is 0.627. The summed E-state index contributed by atoms with van der Waals surface area (Å²) in [6.45, 7) is 2.08. The van der Waals surface area contributed by atoms with Gasteiger partial charge in [0.05, 0.1) is 0 Å². The quantitative estimate of drug-likeness (QED) is 0.803. The minimum atomic E-state index is -0.243. The number of aryl methyl sites for hydroxylation is 1. The van der Waals surface area contributed by atoms with Gasteiger partial charge in [-0.15, -0.1) is 11.3 Å². The van der Waals surface area contributed by atoms with Crippen LogP contribution in [0.25, 0.3) is 10.6 Å². The number of rotatable bonds is 2. The smallest absolute Gasteiger partial charge is 0.125 e. The fraction of sp³-hybridized carbons (Fsp3) is 0.182. The third kappa shape index (κ3) is 2.44. The Morgan fingerprint density at radius 3 is 2.80 bits per heavy atom. The summed E-state index contributed by atoms with van der Waals surface area (Å²) >= 11 is 4.88. The van der Waals surface area contributed by atoms with Gasteiger partial charge in [0, 0.05) is 21.1 Å². The highest BCUT2D eigenvalue weighted by Crippen LogP contribution is 2.28. The van der Waals surface area contributed by atoms with Crippen LogP contribution < -0.4 is 0 Å². The topological polar surface area (TPSA) is 12.9 Å². The van der Waals surface area contributed by atoms with Gasteiger partial charge in [0.25, 0.3) is 0 Å². The monoisotopic (exact) mass is 285 g/mol. The lowest BCUT2D eigenvalue weighted by Gasteiger charge is -1.97. The average Bonchev–Trinajstić information content (AvgIpc) is 2.64. The molecule has 1 heterocycles. The molecule has 0 aliphatic rings. The molecule has 1 aromatic heterocycles. The number of benzene rings is 1. The Labute approximate surface area is 100 Å². The summed E-state index contributed by atoms with van der Waals surface area (Å²) in [7, 11) is 0. The highest BCUT2D eigenvalue weighted by molar-refractivity contribution is 9.10. The van der Waals surface area contributed by atoms with Crippen LogP contribution in [0.5, 0.6) is 0 Å². The second kappa shape index (κ2) is 4.41. The summed E-state index contributed by atoms with van der Waals surface area (Å²) in [5.74, 6) is -0.243. The van der Waals surface area contributed by atoms with E-state index in [2.05, 4.69) is 27.8 Å². The lowest BCUT2D eigenvalue weighted by atomic mass is 10.2. The maximum absolute atomic E-state index is 13.1. The number of hydrogen-bond donors (Lipinski definition) is 0. The van der Waals surface area contributed by atoms with Gasteiger partial charge in [-0.05, 0) is 24.6 Å². The Balaban J connectivity index is 2.44. The third-order valence-electron chi connectivity index (χ3n) is 2.01. The van der Waals surface area contributed by atoms with Crippen molar-refractivity contribution in [1.82, 2.24) is 4.98 Å². The molecule has 0 fully saturated rings. The standard InChI is InChI=1S/C11H9BrFNS/c1-2-10-6-14-11(15-10)7-3-8(12)5-9(13)4-7/h3-6H,2H2,1H3. The van der Waals surface area contributed by atoms with E-state index in [4.69, 9.17) is 0 Å². The van der Waals surface area contributed by atoms with Crippen LogP contribution in [0, 0.1) is 5.82 Å². The molecule has 0 N–H and O–H groups in total. The highest BCUT2D eigenvalue weighted by Gasteiger charge is 2.06. The van der Waals surface area contributed by atoms with Crippen LogP contribution in [-0.2, 0) is 6.42 Å². The summed E-state index contributed by atoms with van der Waals surface area (Å²) in [5, 5.41) is 0.868. The van der Waals surface area contributed by atoms with Crippen molar-refractivity contribution in [2.75, 3.05) is 0 Å². The van der Waals surface area contributed by atoms with Crippen LogP contribution in [0.15, 0.2) is 28.9 Å². The van der Waals surface area contributed by atoms with Gasteiger partial charge in [0.15, 0.2) is 0 Å². The predicted molar refractivity (Wildman–Crippen MR) is 64.6 cm³/mol. The second-order valence-corrected chi connectivity index (χ2v) is 5.17. The first kappa shape index (κ1) is 10.8. The molecule has 0 saturated heterocycles. The molecule has 0 atom stereocenters. The average molecular weight is 286 g/mol. The second-order valence-electron chi connectivity index (χ2n) is 3.14. The number of nitrogens with zero attached hydrogens (tertiary/aromatic N) is 1. The van der Waals surface area contributed by atoms with Crippen LogP contribution in [0.4, 0.5) is 4.39 Å². The zero-order chi connectivity index (χ0) is 10.8. The molecule has 0 aliphatic heterocycles. The number of hydrogen-bond acceptors (Lipinski definition) is 2. The molecule has 1 nitrogen and oxygen atoms in total. The molecule has 0 aliphatic carbocycles. The Morgan fingerprint density at radius 2 is 2.20 bits per heavy atom. The van der Waals surface area contributed by atoms with Gasteiger partial charge >= 0.3 is 0 Å². The zero-order valence-electron chi connectivity index (χ0n) is 8.13. The van der Waals surface area contributed by atoms with Crippen molar-refractivity contribution in [3.05, 3.63) is 39.6 Å². The first-order valence-electron chi connectivity index (χ1n) is 4.60. The van der Waals surface area contributed by atoms with Crippen molar-refractivity contribution in [2.45, 2.75) is 13.3 Å². The van der Waals surface area contributed by atoms with Crippen molar-refractivity contribution < 1.29 is 4.39 Å². The summed E-state index contributed by atoms with van der Waals surface area (Å²) in [6.07, 6.45) is 2.81. The molecule has 0 saturated carbocycles. The van der Waals surface area contributed by atoms with Crippen LogP contribution in [-0.4, -0.2) is 4.98 Å². The molecule has 2 rings (SSSR count). The molecule has 0 spiro atoms. The molecule has 4 heteroatoms. The normalized spacial score (nSPS) is 10.6. The van der Waals surface area contributed by atoms with Crippen molar-refractivity contribution in [1.29, 1.82) is 0 Å². The molecule has 0 bridgehead atoms. The minimum absolute atomic E-state index is 0.243. The summed E-state index contributed by atoms with van der Waals surface area (Å²) in [5.41, 5.74) is 0.826. The summed E-state index contributed by atoms with van der Waals surface area (Å²) < 4.78 is 13.9. The van der Waals surface area contributed by atoms with E-state index in [1.54, 1.807) is 11.3 Å². The van der Waals surface area contributed by atoms with Crippen molar-refractivity contribution >= 4 is 27.3 Å². The van der Waals surface area contributed by atoms with Crippen molar-refractivity contribution in [2.24, 2.45) is 0 Å². The Kier molecular flexibility index (Phi) is 3.17. The molecule has 1 aromatic carbocycles. The summed E-state index contributed by atoms with van der Waals surface area (Å²) in [6, 6.07) is 4.82. The predicted octanol–water partition coefficient (Wildman–Crippen LogP) is 4.27. The number of halogens is 2. The van der Waals surface area contributed by atoms with E-state index in [0.29, 0.717) is 0 Å². The van der Waals surface area contributed by atoms with Crippen LogP contribution >= 0.6 is 27.3 Å². The fourth-order valence-corrected chi connectivity index (χ4v) is 2.59. The van der Waals surface area contributed by atoms with Crippen LogP contribution in [0.2, 0.25) is 0 Å². The fourth-order valence-electron chi connectivity index (χ4n) is 1.28. The Morgan fingerprint density at radius 1 is 1.40 bits per heavy atom. The van der Waals surface area contributed by atoms with Gasteiger partial charge in [-0.25, -0.2) is 9.37 Å². The molecule has 0 unspecified atom stereocenters. The van der Waals surface area contributed by atoms with E-state index in [9.17, 15) is 4.39 Å². The van der Waals surface area contributed by atoms with Gasteiger partial charge in [0.1, 0.15) is 10.8 Å². The molecular weight excluding hydrogens is 277 g/mol. The van der Waals surface area contributed by atoms with E-state index in [-0.39, 0.29) is 5.82 Å². The van der Waals surface area contributed by atoms with E-state index < -0.39 is 0 Å². The van der Waals surface area contributed by atoms with Crippen molar-refractivity contribution in [3.63, 3.8) is 0 Å². The largest absolute Gasteiger partial charge is 0.244 e. The summed E-state index contributed by atoms with van der Waals surface area (Å²) in [4.78, 5) is 5.48. The van der Waals surface area contributed by atoms with Crippen LogP contribution in [0.3, 0.4) is 0 Å². The highest BCUT2D eigenvalue weighted by atomic mass is 79.9. The maximum Gasteiger partial charge on any atom is 0.125 e. The van der Waals surface area contributed by atoms with E-state index in [1.165, 1.54) is 17.0 Å². The molecule has 15 heavy (non-hydrogen) atoms. The Hall–Kier alpha value is -0.740. The molecule has 2 aromatic rings. The van der Waals surface area contributed by atoms with Gasteiger partial charge in [-0.1, -0.05) is 22.9 Å². The number of thiazole rings is 1. The van der Waals surface area contributed by atoms with E-state index in [0.717, 1.165) is 21.5 Å². The van der Waals surface area contributed by atoms with Crippen molar-refractivity contribution in [3.8, 4) is 10.6 Å². The SMILES string of the molecule is CCc1cnc(-c2cc(F)cc(Br)c2)s1. The minimum Gasteiger partial charge on any atom is -0.244 e. The molecule has 0 amide bonds. The van der Waals surface area contributed by atoms with E-state index >= 15 is 0 Å². The third-order valence-corrected chi connectivity index (χ3v) is 3.66. The zero-order valence-corrected chi connectivity index (χ0v) is 10.5. The van der Waals surface area contributed by atoms with Gasteiger partial charge < -0.3 is 0 Å². The molecule has 0 radical (unpaired) electrons. The van der Waals surface area contributed by atoms with Crippen LogP contribution in [0.1, 0.15) is 11.8 Å². The first-order chi connectivity index (χ1) is 7.19. The molecular formula is C11H9BrFNS.